The number of hydrogen-bond acceptors (Lipinski definition) is 2. The fourth-order valence-electron chi connectivity index (χ4n) is 1.58. The molecule has 2 aromatic rings. The van der Waals surface area contributed by atoms with Crippen LogP contribution >= 0.6 is 39.1 Å². The second kappa shape index (κ2) is 6.11. The standard InChI is InChI=1S/C13H12BrCl2NO/c1-2-17-7-8-3-6-11(18-8)9-4-5-10(14)13(16)12(9)15/h3-6,17H,2,7H2,1H3. The normalized spacial score (nSPS) is 10.9. The van der Waals surface area contributed by atoms with Crippen LogP contribution in [0, 0.1) is 0 Å². The molecule has 1 aromatic carbocycles. The average Bonchev–Trinajstić information content (AvgIpc) is 2.82. The molecule has 0 bridgehead atoms. The molecule has 0 aliphatic rings. The maximum absolute atomic E-state index is 6.21. The van der Waals surface area contributed by atoms with Gasteiger partial charge in [-0.3, -0.25) is 0 Å². The fraction of sp³-hybridized carbons (Fsp3) is 0.231. The van der Waals surface area contributed by atoms with Gasteiger partial charge >= 0.3 is 0 Å². The smallest absolute Gasteiger partial charge is 0.135 e. The van der Waals surface area contributed by atoms with Gasteiger partial charge < -0.3 is 9.73 Å². The molecule has 0 amide bonds. The Kier molecular flexibility index (Phi) is 4.73. The molecule has 0 aliphatic carbocycles. The SMILES string of the molecule is CCNCc1ccc(-c2ccc(Br)c(Cl)c2Cl)o1. The van der Waals surface area contributed by atoms with E-state index >= 15 is 0 Å². The third kappa shape index (κ3) is 2.91. The molecule has 0 spiro atoms. The maximum Gasteiger partial charge on any atom is 0.135 e. The number of benzene rings is 1. The first-order valence-corrected chi connectivity index (χ1v) is 7.11. The molecule has 1 heterocycles. The Labute approximate surface area is 124 Å². The van der Waals surface area contributed by atoms with Gasteiger partial charge in [-0.15, -0.1) is 0 Å². The highest BCUT2D eigenvalue weighted by Crippen LogP contribution is 2.38. The van der Waals surface area contributed by atoms with Crippen LogP contribution in [-0.2, 0) is 6.54 Å². The molecule has 0 aliphatic heterocycles. The molecule has 0 saturated carbocycles. The van der Waals surface area contributed by atoms with Gasteiger partial charge in [-0.25, -0.2) is 0 Å². The van der Waals surface area contributed by atoms with E-state index in [1.165, 1.54) is 0 Å². The molecule has 0 fully saturated rings. The van der Waals surface area contributed by atoms with Crippen LogP contribution in [0.2, 0.25) is 10.0 Å². The van der Waals surface area contributed by atoms with Gasteiger partial charge in [0.25, 0.3) is 0 Å². The van der Waals surface area contributed by atoms with E-state index in [1.807, 2.05) is 24.3 Å². The van der Waals surface area contributed by atoms with Crippen LogP contribution in [0.4, 0.5) is 0 Å². The second-order valence-corrected chi connectivity index (χ2v) is 5.38. The van der Waals surface area contributed by atoms with E-state index in [9.17, 15) is 0 Å². The summed E-state index contributed by atoms with van der Waals surface area (Å²) in [5, 5.41) is 4.20. The topological polar surface area (TPSA) is 25.2 Å². The van der Waals surface area contributed by atoms with Crippen LogP contribution in [0.15, 0.2) is 33.2 Å². The Balaban J connectivity index is 2.31. The number of rotatable bonds is 4. The molecule has 18 heavy (non-hydrogen) atoms. The van der Waals surface area contributed by atoms with E-state index in [4.69, 9.17) is 27.6 Å². The highest BCUT2D eigenvalue weighted by Gasteiger charge is 2.13. The minimum Gasteiger partial charge on any atom is -0.460 e. The summed E-state index contributed by atoms with van der Waals surface area (Å²) in [6.07, 6.45) is 0. The lowest BCUT2D eigenvalue weighted by molar-refractivity contribution is 0.498. The molecule has 1 N–H and O–H groups in total. The quantitative estimate of drug-likeness (QED) is 0.775. The van der Waals surface area contributed by atoms with Crippen LogP contribution < -0.4 is 5.32 Å². The van der Waals surface area contributed by atoms with Crippen LogP contribution in [0.25, 0.3) is 11.3 Å². The van der Waals surface area contributed by atoms with Crippen molar-refractivity contribution in [3.8, 4) is 11.3 Å². The van der Waals surface area contributed by atoms with E-state index in [-0.39, 0.29) is 0 Å². The highest BCUT2D eigenvalue weighted by atomic mass is 79.9. The minimum absolute atomic E-state index is 0.496. The summed E-state index contributed by atoms with van der Waals surface area (Å²) in [5.41, 5.74) is 0.799. The van der Waals surface area contributed by atoms with E-state index in [2.05, 4.69) is 28.2 Å². The van der Waals surface area contributed by atoms with Crippen molar-refractivity contribution in [2.24, 2.45) is 0 Å². The Morgan fingerprint density at radius 1 is 1.17 bits per heavy atom. The molecule has 5 heteroatoms. The molecule has 0 radical (unpaired) electrons. The van der Waals surface area contributed by atoms with Crippen LogP contribution in [0.1, 0.15) is 12.7 Å². The van der Waals surface area contributed by atoms with Crippen LogP contribution in [0.3, 0.4) is 0 Å². The fourth-order valence-corrected chi connectivity index (χ4v) is 2.45. The second-order valence-electron chi connectivity index (χ2n) is 3.77. The van der Waals surface area contributed by atoms with Crippen LogP contribution in [0.5, 0.6) is 0 Å². The molecule has 96 valence electrons. The van der Waals surface area contributed by atoms with Crippen LogP contribution in [-0.4, -0.2) is 6.54 Å². The predicted octanol–water partition coefficient (Wildman–Crippen LogP) is 5.13. The average molecular weight is 349 g/mol. The summed E-state index contributed by atoms with van der Waals surface area (Å²) < 4.78 is 6.50. The van der Waals surface area contributed by atoms with E-state index in [0.29, 0.717) is 16.6 Å². The highest BCUT2D eigenvalue weighted by molar-refractivity contribution is 9.10. The van der Waals surface area contributed by atoms with Crippen molar-refractivity contribution in [3.63, 3.8) is 0 Å². The Bertz CT molecular complexity index is 554. The largest absolute Gasteiger partial charge is 0.460 e. The zero-order valence-electron chi connectivity index (χ0n) is 9.77. The van der Waals surface area contributed by atoms with Gasteiger partial charge in [0.05, 0.1) is 16.6 Å². The van der Waals surface area contributed by atoms with Gasteiger partial charge in [-0.1, -0.05) is 30.1 Å². The Hall–Kier alpha value is -0.480. The molecule has 0 atom stereocenters. The van der Waals surface area contributed by atoms with Gasteiger partial charge in [-0.05, 0) is 46.7 Å². The molecule has 0 saturated heterocycles. The van der Waals surface area contributed by atoms with Gasteiger partial charge in [-0.2, -0.15) is 0 Å². The predicted molar refractivity (Wildman–Crippen MR) is 79.2 cm³/mol. The third-order valence-electron chi connectivity index (χ3n) is 2.51. The first-order chi connectivity index (χ1) is 8.63. The van der Waals surface area contributed by atoms with E-state index in [1.54, 1.807) is 0 Å². The van der Waals surface area contributed by atoms with Crippen molar-refractivity contribution in [1.82, 2.24) is 5.32 Å². The lowest BCUT2D eigenvalue weighted by Gasteiger charge is -2.05. The van der Waals surface area contributed by atoms with Gasteiger partial charge in [0, 0.05) is 10.0 Å². The summed E-state index contributed by atoms with van der Waals surface area (Å²) in [4.78, 5) is 0. The van der Waals surface area contributed by atoms with Gasteiger partial charge in [0.2, 0.25) is 0 Å². The van der Waals surface area contributed by atoms with Gasteiger partial charge in [0.15, 0.2) is 0 Å². The lowest BCUT2D eigenvalue weighted by Crippen LogP contribution is -2.10. The monoisotopic (exact) mass is 347 g/mol. The van der Waals surface area contributed by atoms with Crippen molar-refractivity contribution in [1.29, 1.82) is 0 Å². The number of halogens is 3. The number of hydrogen-bond donors (Lipinski definition) is 1. The zero-order chi connectivity index (χ0) is 13.1. The van der Waals surface area contributed by atoms with Crippen molar-refractivity contribution in [2.45, 2.75) is 13.5 Å². The van der Waals surface area contributed by atoms with Gasteiger partial charge in [0.1, 0.15) is 11.5 Å². The molecule has 1 aromatic heterocycles. The summed E-state index contributed by atoms with van der Waals surface area (Å²) in [6.45, 7) is 3.66. The Morgan fingerprint density at radius 3 is 2.67 bits per heavy atom. The maximum atomic E-state index is 6.21. The Morgan fingerprint density at radius 2 is 1.94 bits per heavy atom. The summed E-state index contributed by atoms with van der Waals surface area (Å²) >= 11 is 15.6. The van der Waals surface area contributed by atoms with Crippen molar-refractivity contribution in [3.05, 3.63) is 44.5 Å². The van der Waals surface area contributed by atoms with E-state index < -0.39 is 0 Å². The zero-order valence-corrected chi connectivity index (χ0v) is 12.9. The lowest BCUT2D eigenvalue weighted by atomic mass is 10.2. The number of furan rings is 1. The number of nitrogens with one attached hydrogen (secondary N) is 1. The first-order valence-electron chi connectivity index (χ1n) is 5.56. The summed E-state index contributed by atoms with van der Waals surface area (Å²) in [7, 11) is 0. The van der Waals surface area contributed by atoms with Crippen molar-refractivity contribution < 1.29 is 4.42 Å². The molecular formula is C13H12BrCl2NO. The first kappa shape index (κ1) is 13.9. The minimum atomic E-state index is 0.496. The summed E-state index contributed by atoms with van der Waals surface area (Å²) in [6, 6.07) is 7.58. The third-order valence-corrected chi connectivity index (χ3v) is 4.28. The van der Waals surface area contributed by atoms with Crippen molar-refractivity contribution in [2.75, 3.05) is 6.54 Å². The molecular weight excluding hydrogens is 337 g/mol. The molecule has 0 unspecified atom stereocenters. The van der Waals surface area contributed by atoms with E-state index in [0.717, 1.165) is 28.1 Å². The molecule has 2 nitrogen and oxygen atoms in total. The van der Waals surface area contributed by atoms with Crippen molar-refractivity contribution >= 4 is 39.1 Å². The summed E-state index contributed by atoms with van der Waals surface area (Å²) in [5.74, 6) is 1.60. The molecule has 2 rings (SSSR count).